The van der Waals surface area contributed by atoms with E-state index in [0.29, 0.717) is 6.54 Å². The second-order valence-electron chi connectivity index (χ2n) is 4.62. The van der Waals surface area contributed by atoms with Gasteiger partial charge >= 0.3 is 0 Å². The fourth-order valence-corrected chi connectivity index (χ4v) is 2.38. The van der Waals surface area contributed by atoms with Gasteiger partial charge < -0.3 is 10.6 Å². The van der Waals surface area contributed by atoms with E-state index >= 15 is 0 Å². The number of carbonyl (C=O) groups excluding carboxylic acids is 1. The van der Waals surface area contributed by atoms with E-state index in [4.69, 9.17) is 5.73 Å². The van der Waals surface area contributed by atoms with Crippen LogP contribution in [0, 0.1) is 5.92 Å². The van der Waals surface area contributed by atoms with E-state index < -0.39 is 0 Å². The molecular weight excluding hydrogens is 212 g/mol. The van der Waals surface area contributed by atoms with Gasteiger partial charge in [0.25, 0.3) is 0 Å². The molecule has 1 aliphatic heterocycles. The molecule has 0 aromatic heterocycles. The summed E-state index contributed by atoms with van der Waals surface area (Å²) in [5.74, 6) is 0.199. The van der Waals surface area contributed by atoms with Crippen LogP contribution >= 0.6 is 0 Å². The SMILES string of the molecule is CCC(CN)C(=O)N1CCc2ccccc2C1. The predicted molar refractivity (Wildman–Crippen MR) is 68.4 cm³/mol. The molecule has 0 bridgehead atoms. The Hall–Kier alpha value is -1.35. The van der Waals surface area contributed by atoms with Gasteiger partial charge in [-0.2, -0.15) is 0 Å². The number of hydrogen-bond donors (Lipinski definition) is 1. The first-order chi connectivity index (χ1) is 8.26. The van der Waals surface area contributed by atoms with Gasteiger partial charge in [0.1, 0.15) is 0 Å². The van der Waals surface area contributed by atoms with E-state index in [0.717, 1.165) is 25.9 Å². The number of nitrogens with two attached hydrogens (primary N) is 1. The second kappa shape index (κ2) is 5.32. The summed E-state index contributed by atoms with van der Waals surface area (Å²) in [5, 5.41) is 0. The molecule has 1 aromatic rings. The van der Waals surface area contributed by atoms with Gasteiger partial charge in [-0.3, -0.25) is 4.79 Å². The largest absolute Gasteiger partial charge is 0.338 e. The summed E-state index contributed by atoms with van der Waals surface area (Å²) in [4.78, 5) is 14.2. The Labute approximate surface area is 103 Å². The molecule has 1 amide bonds. The number of benzene rings is 1. The molecule has 92 valence electrons. The number of rotatable bonds is 3. The van der Waals surface area contributed by atoms with E-state index in [1.165, 1.54) is 11.1 Å². The highest BCUT2D eigenvalue weighted by atomic mass is 16.2. The minimum absolute atomic E-state index is 0.0136. The van der Waals surface area contributed by atoms with Crippen LogP contribution < -0.4 is 5.73 Å². The number of amides is 1. The maximum absolute atomic E-state index is 12.2. The minimum Gasteiger partial charge on any atom is -0.338 e. The Bertz CT molecular complexity index is 399. The van der Waals surface area contributed by atoms with Gasteiger partial charge in [0.2, 0.25) is 5.91 Å². The summed E-state index contributed by atoms with van der Waals surface area (Å²) in [6.45, 7) is 4.04. The molecule has 1 heterocycles. The molecule has 0 fully saturated rings. The number of carbonyl (C=O) groups is 1. The summed E-state index contributed by atoms with van der Waals surface area (Å²) >= 11 is 0. The normalized spacial score (nSPS) is 16.5. The molecule has 1 unspecified atom stereocenters. The third-order valence-corrected chi connectivity index (χ3v) is 3.57. The van der Waals surface area contributed by atoms with Crippen LogP contribution in [0.25, 0.3) is 0 Å². The second-order valence-corrected chi connectivity index (χ2v) is 4.62. The van der Waals surface area contributed by atoms with Crippen molar-refractivity contribution < 1.29 is 4.79 Å². The maximum atomic E-state index is 12.2. The highest BCUT2D eigenvalue weighted by Gasteiger charge is 2.24. The van der Waals surface area contributed by atoms with Crippen molar-refractivity contribution in [2.45, 2.75) is 26.3 Å². The third-order valence-electron chi connectivity index (χ3n) is 3.57. The van der Waals surface area contributed by atoms with Crippen molar-refractivity contribution in [3.63, 3.8) is 0 Å². The van der Waals surface area contributed by atoms with E-state index in [9.17, 15) is 4.79 Å². The Morgan fingerprint density at radius 1 is 1.41 bits per heavy atom. The molecule has 0 aliphatic carbocycles. The van der Waals surface area contributed by atoms with Crippen LogP contribution in [0.2, 0.25) is 0 Å². The van der Waals surface area contributed by atoms with Gasteiger partial charge in [-0.05, 0) is 24.0 Å². The molecule has 1 aromatic carbocycles. The smallest absolute Gasteiger partial charge is 0.227 e. The molecule has 0 spiro atoms. The van der Waals surface area contributed by atoms with Crippen molar-refractivity contribution in [1.29, 1.82) is 0 Å². The van der Waals surface area contributed by atoms with E-state index in [1.54, 1.807) is 0 Å². The molecule has 0 saturated carbocycles. The lowest BCUT2D eigenvalue weighted by atomic mass is 9.97. The van der Waals surface area contributed by atoms with Crippen molar-refractivity contribution >= 4 is 5.91 Å². The average Bonchev–Trinajstić information content (AvgIpc) is 2.39. The molecule has 0 radical (unpaired) electrons. The first-order valence-electron chi connectivity index (χ1n) is 6.32. The van der Waals surface area contributed by atoms with Crippen molar-refractivity contribution in [3.05, 3.63) is 35.4 Å². The van der Waals surface area contributed by atoms with Crippen LogP contribution in [0.4, 0.5) is 0 Å². The van der Waals surface area contributed by atoms with Crippen LogP contribution in [0.1, 0.15) is 24.5 Å². The van der Waals surface area contributed by atoms with E-state index in [2.05, 4.69) is 18.2 Å². The standard InChI is InChI=1S/C14H20N2O/c1-2-11(9-15)14(17)16-8-7-12-5-3-4-6-13(12)10-16/h3-6,11H,2,7-10,15H2,1H3. The zero-order valence-corrected chi connectivity index (χ0v) is 10.4. The number of hydrogen-bond acceptors (Lipinski definition) is 2. The lowest BCUT2D eigenvalue weighted by molar-refractivity contribution is -0.136. The van der Waals surface area contributed by atoms with Gasteiger partial charge in [0, 0.05) is 19.6 Å². The first-order valence-corrected chi connectivity index (χ1v) is 6.32. The lowest BCUT2D eigenvalue weighted by Gasteiger charge is -2.31. The van der Waals surface area contributed by atoms with Gasteiger partial charge in [-0.1, -0.05) is 31.2 Å². The van der Waals surface area contributed by atoms with Crippen LogP contribution in [0.3, 0.4) is 0 Å². The summed E-state index contributed by atoms with van der Waals surface area (Å²) < 4.78 is 0. The Morgan fingerprint density at radius 2 is 2.12 bits per heavy atom. The van der Waals surface area contributed by atoms with E-state index in [-0.39, 0.29) is 11.8 Å². The first kappa shape index (κ1) is 12.1. The Balaban J connectivity index is 2.09. The predicted octanol–water partition coefficient (Wildman–Crippen LogP) is 1.56. The molecule has 1 atom stereocenters. The summed E-state index contributed by atoms with van der Waals surface area (Å²) in [6, 6.07) is 8.35. The van der Waals surface area contributed by atoms with Crippen LogP contribution in [-0.4, -0.2) is 23.9 Å². The Kier molecular flexibility index (Phi) is 3.79. The van der Waals surface area contributed by atoms with Crippen LogP contribution in [0.5, 0.6) is 0 Å². The molecule has 2 N–H and O–H groups in total. The summed E-state index contributed by atoms with van der Waals surface area (Å²) in [5.41, 5.74) is 8.29. The monoisotopic (exact) mass is 232 g/mol. The minimum atomic E-state index is -0.0136. The fraction of sp³-hybridized carbons (Fsp3) is 0.500. The van der Waals surface area contributed by atoms with Crippen molar-refractivity contribution in [3.8, 4) is 0 Å². The molecule has 2 rings (SSSR count). The number of fused-ring (bicyclic) bond motifs is 1. The molecule has 0 saturated heterocycles. The van der Waals surface area contributed by atoms with E-state index in [1.807, 2.05) is 17.9 Å². The van der Waals surface area contributed by atoms with Gasteiger partial charge in [-0.15, -0.1) is 0 Å². The zero-order valence-electron chi connectivity index (χ0n) is 10.4. The zero-order chi connectivity index (χ0) is 12.3. The quantitative estimate of drug-likeness (QED) is 0.859. The average molecular weight is 232 g/mol. The molecule has 3 heteroatoms. The van der Waals surface area contributed by atoms with Gasteiger partial charge in [0.15, 0.2) is 0 Å². The number of nitrogens with zero attached hydrogens (tertiary/aromatic N) is 1. The highest BCUT2D eigenvalue weighted by molar-refractivity contribution is 5.79. The van der Waals surface area contributed by atoms with Crippen molar-refractivity contribution in [2.24, 2.45) is 11.7 Å². The van der Waals surface area contributed by atoms with Crippen molar-refractivity contribution in [1.82, 2.24) is 4.90 Å². The third kappa shape index (κ3) is 2.50. The highest BCUT2D eigenvalue weighted by Crippen LogP contribution is 2.20. The van der Waals surface area contributed by atoms with Gasteiger partial charge in [0.05, 0.1) is 5.92 Å². The topological polar surface area (TPSA) is 46.3 Å². The molecular formula is C14H20N2O. The van der Waals surface area contributed by atoms with Crippen LogP contribution in [0.15, 0.2) is 24.3 Å². The fourth-order valence-electron chi connectivity index (χ4n) is 2.38. The molecule has 1 aliphatic rings. The summed E-state index contributed by atoms with van der Waals surface area (Å²) in [7, 11) is 0. The van der Waals surface area contributed by atoms with Crippen molar-refractivity contribution in [2.75, 3.05) is 13.1 Å². The lowest BCUT2D eigenvalue weighted by Crippen LogP contribution is -2.41. The van der Waals surface area contributed by atoms with Crippen LogP contribution in [-0.2, 0) is 17.8 Å². The van der Waals surface area contributed by atoms with Gasteiger partial charge in [-0.25, -0.2) is 0 Å². The maximum Gasteiger partial charge on any atom is 0.227 e. The Morgan fingerprint density at radius 3 is 2.76 bits per heavy atom. The summed E-state index contributed by atoms with van der Waals surface area (Å²) in [6.07, 6.45) is 1.79. The molecule has 17 heavy (non-hydrogen) atoms. The molecule has 3 nitrogen and oxygen atoms in total.